The number of imide groups is 1. The van der Waals surface area contributed by atoms with E-state index < -0.39 is 29.6 Å². The third-order valence-corrected chi connectivity index (χ3v) is 3.16. The van der Waals surface area contributed by atoms with Gasteiger partial charge in [0.1, 0.15) is 11.9 Å². The highest BCUT2D eigenvalue weighted by molar-refractivity contribution is 6.22. The van der Waals surface area contributed by atoms with Crippen molar-refractivity contribution in [3.05, 3.63) is 30.1 Å². The van der Waals surface area contributed by atoms with Gasteiger partial charge in [0.2, 0.25) is 11.8 Å². The van der Waals surface area contributed by atoms with Gasteiger partial charge in [0.05, 0.1) is 12.1 Å². The van der Waals surface area contributed by atoms with E-state index in [0.29, 0.717) is 6.42 Å². The summed E-state index contributed by atoms with van der Waals surface area (Å²) in [5, 5.41) is 8.62. The molecular weight excluding hydrogens is 293 g/mol. The van der Waals surface area contributed by atoms with Crippen molar-refractivity contribution >= 4 is 23.4 Å². The van der Waals surface area contributed by atoms with Gasteiger partial charge in [-0.1, -0.05) is 6.07 Å². The van der Waals surface area contributed by atoms with E-state index in [4.69, 9.17) is 5.11 Å². The van der Waals surface area contributed by atoms with Crippen LogP contribution in [0.5, 0.6) is 0 Å². The fraction of sp³-hybridized carbons (Fsp3) is 0.357. The van der Waals surface area contributed by atoms with Crippen LogP contribution >= 0.6 is 0 Å². The van der Waals surface area contributed by atoms with Gasteiger partial charge in [-0.05, 0) is 24.6 Å². The maximum atomic E-state index is 13.2. The van der Waals surface area contributed by atoms with E-state index >= 15 is 0 Å². The van der Waals surface area contributed by atoms with Crippen LogP contribution in [0.4, 0.5) is 10.1 Å². The van der Waals surface area contributed by atoms with Crippen LogP contribution in [-0.2, 0) is 14.4 Å². The summed E-state index contributed by atoms with van der Waals surface area (Å²) in [6.07, 6.45) is 0.280. The Bertz CT molecular complexity index is 593. The van der Waals surface area contributed by atoms with Crippen molar-refractivity contribution in [1.82, 2.24) is 10.9 Å². The smallest absolute Gasteiger partial charge is 0.253 e. The SMILES string of the molecule is O=C(CCCO)NNC1CC(=O)N(c2cccc(F)c2)C1=O. The molecule has 7 nitrogen and oxygen atoms in total. The Labute approximate surface area is 126 Å². The van der Waals surface area contributed by atoms with Crippen molar-refractivity contribution < 1.29 is 23.9 Å². The quantitative estimate of drug-likeness (QED) is 0.501. The summed E-state index contributed by atoms with van der Waals surface area (Å²) >= 11 is 0. The van der Waals surface area contributed by atoms with Gasteiger partial charge in [0.25, 0.3) is 5.91 Å². The molecule has 2 rings (SSSR count). The zero-order valence-electron chi connectivity index (χ0n) is 11.7. The van der Waals surface area contributed by atoms with Gasteiger partial charge in [0, 0.05) is 13.0 Å². The molecule has 1 aromatic carbocycles. The van der Waals surface area contributed by atoms with Gasteiger partial charge in [0.15, 0.2) is 0 Å². The van der Waals surface area contributed by atoms with Crippen LogP contribution in [0.1, 0.15) is 19.3 Å². The van der Waals surface area contributed by atoms with Gasteiger partial charge in [-0.25, -0.2) is 14.7 Å². The third-order valence-electron chi connectivity index (χ3n) is 3.16. The molecule has 0 bridgehead atoms. The molecule has 1 unspecified atom stereocenters. The minimum Gasteiger partial charge on any atom is -0.396 e. The molecule has 1 fully saturated rings. The zero-order valence-corrected chi connectivity index (χ0v) is 11.7. The number of aliphatic hydroxyl groups excluding tert-OH is 1. The van der Waals surface area contributed by atoms with Gasteiger partial charge in [-0.15, -0.1) is 0 Å². The van der Waals surface area contributed by atoms with Crippen molar-refractivity contribution in [2.45, 2.75) is 25.3 Å². The highest BCUT2D eigenvalue weighted by Crippen LogP contribution is 2.23. The largest absolute Gasteiger partial charge is 0.396 e. The molecule has 0 spiro atoms. The minimum absolute atomic E-state index is 0.103. The van der Waals surface area contributed by atoms with Crippen LogP contribution in [0.2, 0.25) is 0 Å². The summed E-state index contributed by atoms with van der Waals surface area (Å²) in [4.78, 5) is 36.4. The first-order chi connectivity index (χ1) is 10.5. The fourth-order valence-corrected chi connectivity index (χ4v) is 2.10. The average molecular weight is 309 g/mol. The topological polar surface area (TPSA) is 98.7 Å². The van der Waals surface area contributed by atoms with E-state index in [-0.39, 0.29) is 25.1 Å². The first-order valence-corrected chi connectivity index (χ1v) is 6.80. The molecule has 8 heteroatoms. The number of hydrogen-bond acceptors (Lipinski definition) is 5. The number of aliphatic hydroxyl groups is 1. The highest BCUT2D eigenvalue weighted by atomic mass is 19.1. The number of hydrazine groups is 1. The molecule has 1 aliphatic rings. The van der Waals surface area contributed by atoms with Crippen LogP contribution in [0.25, 0.3) is 0 Å². The normalized spacial score (nSPS) is 17.9. The van der Waals surface area contributed by atoms with Crippen molar-refractivity contribution in [2.75, 3.05) is 11.5 Å². The van der Waals surface area contributed by atoms with Crippen LogP contribution in [0.3, 0.4) is 0 Å². The second kappa shape index (κ2) is 7.10. The van der Waals surface area contributed by atoms with Crippen LogP contribution in [0, 0.1) is 5.82 Å². The second-order valence-corrected chi connectivity index (χ2v) is 4.82. The Morgan fingerprint density at radius 2 is 2.18 bits per heavy atom. The number of carbonyl (C=O) groups is 3. The molecule has 0 radical (unpaired) electrons. The molecule has 22 heavy (non-hydrogen) atoms. The molecule has 118 valence electrons. The van der Waals surface area contributed by atoms with E-state index in [2.05, 4.69) is 10.9 Å². The fourth-order valence-electron chi connectivity index (χ4n) is 2.10. The number of hydrogen-bond donors (Lipinski definition) is 3. The Morgan fingerprint density at radius 3 is 2.86 bits per heavy atom. The standard InChI is InChI=1S/C14H16FN3O4/c15-9-3-1-4-10(7-9)18-13(21)8-11(14(18)22)16-17-12(20)5-2-6-19/h1,3-4,7,11,16,19H,2,5-6,8H2,(H,17,20). The Hall–Kier alpha value is -2.32. The van der Waals surface area contributed by atoms with E-state index in [1.54, 1.807) is 0 Å². The summed E-state index contributed by atoms with van der Waals surface area (Å²) < 4.78 is 13.2. The molecule has 1 heterocycles. The predicted octanol–water partition coefficient (Wildman–Crippen LogP) is -0.149. The number of amides is 3. The van der Waals surface area contributed by atoms with Crippen LogP contribution < -0.4 is 15.8 Å². The molecule has 0 aromatic heterocycles. The summed E-state index contributed by atoms with van der Waals surface area (Å²) in [6.45, 7) is -0.110. The Balaban J connectivity index is 1.98. The van der Waals surface area contributed by atoms with Gasteiger partial charge in [-0.3, -0.25) is 19.8 Å². The Morgan fingerprint density at radius 1 is 1.41 bits per heavy atom. The van der Waals surface area contributed by atoms with Crippen molar-refractivity contribution in [1.29, 1.82) is 0 Å². The molecule has 1 aliphatic heterocycles. The summed E-state index contributed by atoms with van der Waals surface area (Å²) in [7, 11) is 0. The average Bonchev–Trinajstić information content (AvgIpc) is 2.77. The molecular formula is C14H16FN3O4. The first-order valence-electron chi connectivity index (χ1n) is 6.80. The van der Waals surface area contributed by atoms with E-state index in [0.717, 1.165) is 11.0 Å². The number of nitrogens with one attached hydrogen (secondary N) is 2. The molecule has 1 saturated heterocycles. The van der Waals surface area contributed by atoms with E-state index in [9.17, 15) is 18.8 Å². The lowest BCUT2D eigenvalue weighted by atomic mass is 10.2. The molecule has 1 atom stereocenters. The van der Waals surface area contributed by atoms with Crippen molar-refractivity contribution in [3.8, 4) is 0 Å². The van der Waals surface area contributed by atoms with Crippen molar-refractivity contribution in [3.63, 3.8) is 0 Å². The monoisotopic (exact) mass is 309 g/mol. The van der Waals surface area contributed by atoms with Crippen LogP contribution in [0.15, 0.2) is 24.3 Å². The number of halogens is 1. The molecule has 0 aliphatic carbocycles. The first kappa shape index (κ1) is 16.1. The van der Waals surface area contributed by atoms with E-state index in [1.807, 2.05) is 0 Å². The minimum atomic E-state index is -0.895. The number of benzene rings is 1. The number of carbonyl (C=O) groups excluding carboxylic acids is 3. The second-order valence-electron chi connectivity index (χ2n) is 4.82. The third kappa shape index (κ3) is 3.66. The van der Waals surface area contributed by atoms with Crippen molar-refractivity contribution in [2.24, 2.45) is 0 Å². The molecule has 1 aromatic rings. The summed E-state index contributed by atoms with van der Waals surface area (Å²) in [6, 6.07) is 4.28. The summed E-state index contributed by atoms with van der Waals surface area (Å²) in [5.41, 5.74) is 4.98. The lowest BCUT2D eigenvalue weighted by Gasteiger charge is -2.15. The zero-order chi connectivity index (χ0) is 16.1. The van der Waals surface area contributed by atoms with Gasteiger partial charge in [-0.2, -0.15) is 0 Å². The highest BCUT2D eigenvalue weighted by Gasteiger charge is 2.39. The molecule has 3 amide bonds. The molecule has 0 saturated carbocycles. The molecule has 3 N–H and O–H groups in total. The number of rotatable bonds is 6. The number of anilines is 1. The summed E-state index contributed by atoms with van der Waals surface area (Å²) in [5.74, 6) is -1.97. The van der Waals surface area contributed by atoms with Gasteiger partial charge >= 0.3 is 0 Å². The lowest BCUT2D eigenvalue weighted by Crippen LogP contribution is -2.48. The van der Waals surface area contributed by atoms with Gasteiger partial charge < -0.3 is 5.11 Å². The van der Waals surface area contributed by atoms with Crippen LogP contribution in [-0.4, -0.2) is 35.5 Å². The maximum Gasteiger partial charge on any atom is 0.253 e. The van der Waals surface area contributed by atoms with E-state index in [1.165, 1.54) is 18.2 Å². The lowest BCUT2D eigenvalue weighted by molar-refractivity contribution is -0.123. The Kier molecular flexibility index (Phi) is 5.18. The maximum absolute atomic E-state index is 13.2. The predicted molar refractivity (Wildman–Crippen MR) is 74.9 cm³/mol. The number of nitrogens with zero attached hydrogens (tertiary/aromatic N) is 1.